The normalized spacial score (nSPS) is 11.5. The van der Waals surface area contributed by atoms with Crippen LogP contribution >= 0.6 is 12.2 Å². The van der Waals surface area contributed by atoms with E-state index in [-0.39, 0.29) is 5.78 Å². The molecule has 0 aliphatic heterocycles. The Kier molecular flexibility index (Phi) is 5.61. The summed E-state index contributed by atoms with van der Waals surface area (Å²) in [6, 6.07) is 12.2. The zero-order valence-electron chi connectivity index (χ0n) is 12.7. The van der Waals surface area contributed by atoms with Crippen LogP contribution in [0.2, 0.25) is 0 Å². The maximum Gasteiger partial charge on any atom is 0.270 e. The summed E-state index contributed by atoms with van der Waals surface area (Å²) in [5.41, 5.74) is 0.599. The third-order valence-corrected chi connectivity index (χ3v) is 3.63. The number of likely N-dealkylation sites (N-methyl/N-ethyl adjacent to an activating group) is 1. The van der Waals surface area contributed by atoms with Crippen LogP contribution in [0.1, 0.15) is 23.3 Å². The molecule has 1 aromatic carbocycles. The summed E-state index contributed by atoms with van der Waals surface area (Å²) < 4.78 is 6.94. The van der Waals surface area contributed by atoms with Crippen LogP contribution in [-0.4, -0.2) is 24.4 Å². The van der Waals surface area contributed by atoms with Gasteiger partial charge in [-0.2, -0.15) is 4.57 Å². The lowest BCUT2D eigenvalue weighted by Gasteiger charge is -2.14. The molecule has 22 heavy (non-hydrogen) atoms. The Morgan fingerprint density at radius 1 is 1.23 bits per heavy atom. The van der Waals surface area contributed by atoms with E-state index < -0.39 is 6.04 Å². The van der Waals surface area contributed by atoms with Crippen LogP contribution in [0.15, 0.2) is 54.9 Å². The third-order valence-electron chi connectivity index (χ3n) is 3.26. The lowest BCUT2D eigenvalue weighted by Crippen LogP contribution is -2.51. The molecule has 4 nitrogen and oxygen atoms in total. The molecular formula is C17H19N2O2S+. The first-order chi connectivity index (χ1) is 10.7. The van der Waals surface area contributed by atoms with Gasteiger partial charge in [0, 0.05) is 24.2 Å². The number of Topliss-reactive ketones (excluding diaryl/α,β-unsaturated/α-hetero) is 1. The van der Waals surface area contributed by atoms with Crippen molar-refractivity contribution in [2.45, 2.75) is 13.0 Å². The fourth-order valence-electron chi connectivity index (χ4n) is 2.16. The maximum atomic E-state index is 12.9. The number of carbonyl (C=O) groups is 1. The van der Waals surface area contributed by atoms with E-state index in [4.69, 9.17) is 17.0 Å². The lowest BCUT2D eigenvalue weighted by atomic mass is 10.0. The van der Waals surface area contributed by atoms with Crippen LogP contribution < -0.4 is 14.6 Å². The minimum atomic E-state index is -0.551. The number of rotatable bonds is 6. The Labute approximate surface area is 135 Å². The Balaban J connectivity index is 2.35. The van der Waals surface area contributed by atoms with Crippen molar-refractivity contribution >= 4 is 23.0 Å². The Morgan fingerprint density at radius 2 is 1.86 bits per heavy atom. The molecule has 1 N–H and O–H groups in total. The van der Waals surface area contributed by atoms with Gasteiger partial charge in [0.25, 0.3) is 6.04 Å². The van der Waals surface area contributed by atoms with Crippen LogP contribution in [0.25, 0.3) is 0 Å². The summed E-state index contributed by atoms with van der Waals surface area (Å²) in [7, 11) is 1.60. The predicted octanol–water partition coefficient (Wildman–Crippen LogP) is 2.34. The number of nitrogens with one attached hydrogen (secondary N) is 1. The molecular weight excluding hydrogens is 296 g/mol. The van der Waals surface area contributed by atoms with Crippen LogP contribution in [0.5, 0.6) is 5.75 Å². The minimum Gasteiger partial charge on any atom is -0.497 e. The molecule has 0 radical (unpaired) electrons. The van der Waals surface area contributed by atoms with Gasteiger partial charge < -0.3 is 10.1 Å². The fraction of sp³-hybridized carbons (Fsp3) is 0.235. The van der Waals surface area contributed by atoms with Crippen molar-refractivity contribution in [2.24, 2.45) is 0 Å². The second-order valence-electron chi connectivity index (χ2n) is 4.71. The molecule has 1 heterocycles. The standard InChI is InChI=1S/C17H18N2O2S/c1-3-18-17(22)15(19-11-5-4-6-12-19)16(20)13-7-9-14(21-2)10-8-13/h4-12,15H,3H2,1-2H3/p+1. The summed E-state index contributed by atoms with van der Waals surface area (Å²) in [5.74, 6) is 0.666. The SMILES string of the molecule is CCNC(=S)C(C(=O)c1ccc(OC)cc1)[n+]1ccccc1. The highest BCUT2D eigenvalue weighted by Gasteiger charge is 2.32. The molecule has 0 saturated carbocycles. The summed E-state index contributed by atoms with van der Waals surface area (Å²) in [5, 5.41) is 3.08. The van der Waals surface area contributed by atoms with Gasteiger partial charge in [-0.1, -0.05) is 18.3 Å². The highest BCUT2D eigenvalue weighted by molar-refractivity contribution is 7.80. The largest absolute Gasteiger partial charge is 0.497 e. The topological polar surface area (TPSA) is 42.2 Å². The van der Waals surface area contributed by atoms with E-state index in [0.717, 1.165) is 5.75 Å². The van der Waals surface area contributed by atoms with E-state index in [0.29, 0.717) is 17.1 Å². The van der Waals surface area contributed by atoms with E-state index in [9.17, 15) is 4.79 Å². The van der Waals surface area contributed by atoms with Crippen molar-refractivity contribution in [2.75, 3.05) is 13.7 Å². The van der Waals surface area contributed by atoms with Gasteiger partial charge in [0.05, 0.1) is 7.11 Å². The van der Waals surface area contributed by atoms with Gasteiger partial charge in [0.1, 0.15) is 5.75 Å². The fourth-order valence-corrected chi connectivity index (χ4v) is 2.53. The van der Waals surface area contributed by atoms with Gasteiger partial charge in [-0.15, -0.1) is 0 Å². The molecule has 5 heteroatoms. The molecule has 0 saturated heterocycles. The zero-order chi connectivity index (χ0) is 15.9. The monoisotopic (exact) mass is 315 g/mol. The highest BCUT2D eigenvalue weighted by Crippen LogP contribution is 2.15. The number of pyridine rings is 1. The van der Waals surface area contributed by atoms with Crippen molar-refractivity contribution in [1.29, 1.82) is 0 Å². The molecule has 0 fully saturated rings. The van der Waals surface area contributed by atoms with E-state index >= 15 is 0 Å². The molecule has 2 aromatic rings. The molecule has 1 atom stereocenters. The average molecular weight is 315 g/mol. The van der Waals surface area contributed by atoms with Gasteiger partial charge >= 0.3 is 0 Å². The zero-order valence-corrected chi connectivity index (χ0v) is 13.5. The van der Waals surface area contributed by atoms with E-state index in [1.54, 1.807) is 31.4 Å². The van der Waals surface area contributed by atoms with Crippen LogP contribution in [-0.2, 0) is 0 Å². The van der Waals surface area contributed by atoms with Gasteiger partial charge in [0.2, 0.25) is 5.78 Å². The number of hydrogen-bond acceptors (Lipinski definition) is 3. The smallest absolute Gasteiger partial charge is 0.270 e. The first-order valence-corrected chi connectivity index (χ1v) is 7.50. The van der Waals surface area contributed by atoms with Crippen molar-refractivity contribution in [3.05, 3.63) is 60.4 Å². The average Bonchev–Trinajstić information content (AvgIpc) is 2.56. The van der Waals surface area contributed by atoms with Crippen LogP contribution in [0.4, 0.5) is 0 Å². The van der Waals surface area contributed by atoms with E-state index in [1.165, 1.54) is 0 Å². The molecule has 114 valence electrons. The van der Waals surface area contributed by atoms with E-state index in [1.807, 2.05) is 42.1 Å². The molecule has 1 unspecified atom stereocenters. The number of aromatic nitrogens is 1. The molecule has 0 spiro atoms. The van der Waals surface area contributed by atoms with Gasteiger partial charge in [-0.3, -0.25) is 4.79 Å². The summed E-state index contributed by atoms with van der Waals surface area (Å²) in [6.45, 7) is 2.63. The number of hydrogen-bond donors (Lipinski definition) is 1. The molecule has 0 aliphatic rings. The highest BCUT2D eigenvalue weighted by atomic mass is 32.1. The first-order valence-electron chi connectivity index (χ1n) is 7.09. The summed E-state index contributed by atoms with van der Waals surface area (Å²) >= 11 is 5.40. The summed E-state index contributed by atoms with van der Waals surface area (Å²) in [4.78, 5) is 13.4. The number of carbonyl (C=O) groups excluding carboxylic acids is 1. The predicted molar refractivity (Wildman–Crippen MR) is 89.3 cm³/mol. The molecule has 0 aliphatic carbocycles. The number of benzene rings is 1. The quantitative estimate of drug-likeness (QED) is 0.505. The number of ketones is 1. The van der Waals surface area contributed by atoms with Crippen molar-refractivity contribution in [1.82, 2.24) is 5.32 Å². The van der Waals surface area contributed by atoms with Crippen molar-refractivity contribution in [3.63, 3.8) is 0 Å². The van der Waals surface area contributed by atoms with Gasteiger partial charge in [0.15, 0.2) is 17.4 Å². The number of nitrogens with zero attached hydrogens (tertiary/aromatic N) is 1. The first kappa shape index (κ1) is 16.1. The Bertz CT molecular complexity index is 641. The molecule has 0 bridgehead atoms. The number of ether oxygens (including phenoxy) is 1. The molecule has 1 aromatic heterocycles. The van der Waals surface area contributed by atoms with E-state index in [2.05, 4.69) is 5.32 Å². The number of thiocarbonyl (C=S) groups is 1. The van der Waals surface area contributed by atoms with Crippen molar-refractivity contribution in [3.8, 4) is 5.75 Å². The maximum absolute atomic E-state index is 12.9. The van der Waals surface area contributed by atoms with Crippen LogP contribution in [0, 0.1) is 0 Å². The third kappa shape index (κ3) is 3.68. The molecule has 0 amide bonds. The second-order valence-corrected chi connectivity index (χ2v) is 5.15. The van der Waals surface area contributed by atoms with Gasteiger partial charge in [-0.25, -0.2) is 0 Å². The summed E-state index contributed by atoms with van der Waals surface area (Å²) in [6.07, 6.45) is 3.69. The van der Waals surface area contributed by atoms with Crippen molar-refractivity contribution < 1.29 is 14.1 Å². The Hall–Kier alpha value is -2.27. The molecule has 2 rings (SSSR count). The minimum absolute atomic E-state index is 0.0511. The lowest BCUT2D eigenvalue weighted by molar-refractivity contribution is -0.692. The number of methoxy groups -OCH3 is 1. The van der Waals surface area contributed by atoms with Gasteiger partial charge in [-0.05, 0) is 31.2 Å². The Morgan fingerprint density at radius 3 is 2.41 bits per heavy atom. The van der Waals surface area contributed by atoms with Crippen LogP contribution in [0.3, 0.4) is 0 Å². The second kappa shape index (κ2) is 7.66.